The highest BCUT2D eigenvalue weighted by atomic mass is 35.5. The minimum atomic E-state index is -0.370. The average Bonchev–Trinajstić information content (AvgIpc) is 2.84. The lowest BCUT2D eigenvalue weighted by Crippen LogP contribution is -2.31. The molecule has 0 atom stereocenters. The van der Waals surface area contributed by atoms with E-state index in [2.05, 4.69) is 20.6 Å². The van der Waals surface area contributed by atoms with E-state index in [9.17, 15) is 9.59 Å². The number of nitrogens with one attached hydrogen (secondary N) is 2. The predicted octanol–water partition coefficient (Wildman–Crippen LogP) is 4.06. The Balaban J connectivity index is 1.73. The Kier molecular flexibility index (Phi) is 9.21. The monoisotopic (exact) mass is 502 g/mol. The molecule has 2 N–H and O–H groups in total. The number of methoxy groups -OCH3 is 2. The van der Waals surface area contributed by atoms with Crippen molar-refractivity contribution in [2.45, 2.75) is 6.42 Å². The number of carbonyl (C=O) groups excluding carboxylic acids is 2. The largest absolute Gasteiger partial charge is 0.467 e. The van der Waals surface area contributed by atoms with Crippen LogP contribution in [0, 0.1) is 0 Å². The fraction of sp³-hybridized carbons (Fsp3) is 0.250. The molecule has 3 aromatic rings. The van der Waals surface area contributed by atoms with Gasteiger partial charge >= 0.3 is 6.01 Å². The summed E-state index contributed by atoms with van der Waals surface area (Å²) in [4.78, 5) is 32.8. The zero-order valence-electron chi connectivity index (χ0n) is 18.7. The van der Waals surface area contributed by atoms with E-state index in [-0.39, 0.29) is 30.9 Å². The summed E-state index contributed by atoms with van der Waals surface area (Å²) in [6, 6.07) is 14.3. The van der Waals surface area contributed by atoms with Crippen molar-refractivity contribution in [1.29, 1.82) is 0 Å². The third kappa shape index (κ3) is 7.15. The van der Waals surface area contributed by atoms with Crippen molar-refractivity contribution < 1.29 is 19.1 Å². The maximum absolute atomic E-state index is 12.5. The van der Waals surface area contributed by atoms with Crippen molar-refractivity contribution in [2.24, 2.45) is 0 Å². The summed E-state index contributed by atoms with van der Waals surface area (Å²) in [5.41, 5.74) is 2.62. The van der Waals surface area contributed by atoms with E-state index < -0.39 is 0 Å². The summed E-state index contributed by atoms with van der Waals surface area (Å²) in [5, 5.41) is 7.03. The van der Waals surface area contributed by atoms with Gasteiger partial charge in [0.25, 0.3) is 5.91 Å². The molecule has 0 unspecified atom stereocenters. The topological polar surface area (TPSA) is 102 Å². The summed E-state index contributed by atoms with van der Waals surface area (Å²) in [6.45, 7) is 0.407. The molecule has 3 rings (SSSR count). The van der Waals surface area contributed by atoms with E-state index in [0.717, 1.165) is 5.56 Å². The molecule has 0 spiro atoms. The highest BCUT2D eigenvalue weighted by molar-refractivity contribution is 6.35. The number of halogens is 2. The Hall–Kier alpha value is -3.20. The minimum absolute atomic E-state index is 0.0545. The number of carbonyl (C=O) groups is 2. The first-order valence-corrected chi connectivity index (χ1v) is 11.2. The Morgan fingerprint density at radius 1 is 1.03 bits per heavy atom. The van der Waals surface area contributed by atoms with Gasteiger partial charge in [-0.15, -0.1) is 0 Å². The number of nitrogens with zero attached hydrogens (tertiary/aromatic N) is 2. The van der Waals surface area contributed by atoms with E-state index >= 15 is 0 Å². The molecule has 0 aliphatic carbocycles. The third-order valence-electron chi connectivity index (χ3n) is 4.78. The fourth-order valence-electron chi connectivity index (χ4n) is 3.12. The van der Waals surface area contributed by atoms with Crippen LogP contribution >= 0.6 is 23.2 Å². The molecule has 34 heavy (non-hydrogen) atoms. The first kappa shape index (κ1) is 25.4. The van der Waals surface area contributed by atoms with Crippen LogP contribution in [0.4, 0.5) is 5.82 Å². The summed E-state index contributed by atoms with van der Waals surface area (Å²) in [7, 11) is 2.91. The van der Waals surface area contributed by atoms with Crippen LogP contribution in [-0.4, -0.2) is 55.6 Å². The Labute approximate surface area is 207 Å². The number of hydrogen-bond acceptors (Lipinski definition) is 7. The van der Waals surface area contributed by atoms with E-state index in [0.29, 0.717) is 45.6 Å². The number of Topliss-reactive ketones (excluding diaryl/α,β-unsaturated/α-hetero) is 1. The fourth-order valence-corrected chi connectivity index (χ4v) is 3.62. The van der Waals surface area contributed by atoms with Gasteiger partial charge in [-0.2, -0.15) is 9.97 Å². The maximum Gasteiger partial charge on any atom is 0.318 e. The highest BCUT2D eigenvalue weighted by Crippen LogP contribution is 2.24. The normalized spacial score (nSPS) is 10.6. The van der Waals surface area contributed by atoms with Gasteiger partial charge in [0.1, 0.15) is 12.4 Å². The molecule has 10 heteroatoms. The zero-order valence-corrected chi connectivity index (χ0v) is 20.2. The SMILES string of the molecule is COCC(=O)CNC(=O)c1cccc(-c2cc(NCCc3ccc(Cl)cc3Cl)nc(OC)n2)c1. The van der Waals surface area contributed by atoms with Crippen molar-refractivity contribution >= 4 is 40.7 Å². The van der Waals surface area contributed by atoms with Gasteiger partial charge in [0.2, 0.25) is 0 Å². The lowest BCUT2D eigenvalue weighted by Gasteiger charge is -2.11. The summed E-state index contributed by atoms with van der Waals surface area (Å²) in [6.07, 6.45) is 0.662. The van der Waals surface area contributed by atoms with Crippen LogP contribution in [0.1, 0.15) is 15.9 Å². The molecule has 8 nitrogen and oxygen atoms in total. The van der Waals surface area contributed by atoms with E-state index in [1.165, 1.54) is 14.2 Å². The summed E-state index contributed by atoms with van der Waals surface area (Å²) in [5.74, 6) is -0.0272. The van der Waals surface area contributed by atoms with E-state index in [1.54, 1.807) is 36.4 Å². The van der Waals surface area contributed by atoms with Gasteiger partial charge in [-0.1, -0.05) is 41.4 Å². The van der Waals surface area contributed by atoms with Gasteiger partial charge in [-0.25, -0.2) is 0 Å². The molecule has 0 aliphatic heterocycles. The van der Waals surface area contributed by atoms with E-state index in [1.807, 2.05) is 12.1 Å². The van der Waals surface area contributed by atoms with Crippen molar-refractivity contribution in [3.8, 4) is 17.3 Å². The molecule has 0 bridgehead atoms. The van der Waals surface area contributed by atoms with Crippen LogP contribution in [0.5, 0.6) is 6.01 Å². The molecular formula is C24H24Cl2N4O4. The molecule has 0 fully saturated rings. The van der Waals surface area contributed by atoms with Gasteiger partial charge < -0.3 is 20.1 Å². The molecule has 0 radical (unpaired) electrons. The Morgan fingerprint density at radius 2 is 1.85 bits per heavy atom. The van der Waals surface area contributed by atoms with Crippen LogP contribution in [0.3, 0.4) is 0 Å². The molecule has 0 saturated heterocycles. The van der Waals surface area contributed by atoms with Gasteiger partial charge in [0.15, 0.2) is 5.78 Å². The molecule has 1 aromatic heterocycles. The van der Waals surface area contributed by atoms with Crippen molar-refractivity contribution in [3.05, 3.63) is 69.7 Å². The van der Waals surface area contributed by atoms with Gasteiger partial charge in [-0.3, -0.25) is 9.59 Å². The minimum Gasteiger partial charge on any atom is -0.467 e. The average molecular weight is 503 g/mol. The summed E-state index contributed by atoms with van der Waals surface area (Å²) < 4.78 is 10.0. The van der Waals surface area contributed by atoms with Gasteiger partial charge in [0.05, 0.1) is 19.3 Å². The number of anilines is 1. The first-order valence-electron chi connectivity index (χ1n) is 10.4. The van der Waals surface area contributed by atoms with Gasteiger partial charge in [-0.05, 0) is 36.2 Å². The van der Waals surface area contributed by atoms with Crippen LogP contribution in [0.25, 0.3) is 11.3 Å². The number of hydrogen-bond donors (Lipinski definition) is 2. The molecule has 1 heterocycles. The van der Waals surface area contributed by atoms with Crippen LogP contribution in [0.2, 0.25) is 10.0 Å². The Bertz CT molecular complexity index is 1170. The Morgan fingerprint density at radius 3 is 2.59 bits per heavy atom. The molecule has 0 aliphatic rings. The molecular weight excluding hydrogens is 479 g/mol. The van der Waals surface area contributed by atoms with Gasteiger partial charge in [0, 0.05) is 40.9 Å². The molecule has 1 amide bonds. The lowest BCUT2D eigenvalue weighted by molar-refractivity contribution is -0.121. The van der Waals surface area contributed by atoms with Crippen molar-refractivity contribution in [3.63, 3.8) is 0 Å². The second-order valence-corrected chi connectivity index (χ2v) is 8.12. The lowest BCUT2D eigenvalue weighted by atomic mass is 10.1. The molecule has 2 aromatic carbocycles. The van der Waals surface area contributed by atoms with Crippen molar-refractivity contribution in [2.75, 3.05) is 39.2 Å². The molecule has 0 saturated carbocycles. The van der Waals surface area contributed by atoms with Crippen LogP contribution < -0.4 is 15.4 Å². The van der Waals surface area contributed by atoms with Crippen LogP contribution in [0.15, 0.2) is 48.5 Å². The maximum atomic E-state index is 12.5. The number of ether oxygens (including phenoxy) is 2. The number of amides is 1. The molecule has 178 valence electrons. The third-order valence-corrected chi connectivity index (χ3v) is 5.36. The number of ketones is 1. The predicted molar refractivity (Wildman–Crippen MR) is 132 cm³/mol. The number of aromatic nitrogens is 2. The zero-order chi connectivity index (χ0) is 24.5. The second-order valence-electron chi connectivity index (χ2n) is 7.27. The number of benzene rings is 2. The first-order chi connectivity index (χ1) is 16.4. The second kappa shape index (κ2) is 12.3. The van der Waals surface area contributed by atoms with Crippen LogP contribution in [-0.2, 0) is 16.0 Å². The van der Waals surface area contributed by atoms with E-state index in [4.69, 9.17) is 32.7 Å². The van der Waals surface area contributed by atoms with Crippen molar-refractivity contribution in [1.82, 2.24) is 15.3 Å². The summed E-state index contributed by atoms with van der Waals surface area (Å²) >= 11 is 12.2. The number of rotatable bonds is 11. The highest BCUT2D eigenvalue weighted by Gasteiger charge is 2.12. The quantitative estimate of drug-likeness (QED) is 0.407. The smallest absolute Gasteiger partial charge is 0.318 e. The standard InChI is InChI=1S/C24H24Cl2N4O4/c1-33-14-19(31)13-28-23(32)17-5-3-4-16(10-17)21-12-22(30-24(29-21)34-2)27-9-8-15-6-7-18(25)11-20(15)26/h3-7,10-12H,8-9,13-14H2,1-2H3,(H,28,32)(H,27,29,30).